The molecule has 2 aromatic rings. The molecule has 6 nitrogen and oxygen atoms in total. The Hall–Kier alpha value is -3.03. The van der Waals surface area contributed by atoms with Crippen LogP contribution in [-0.2, 0) is 0 Å². The van der Waals surface area contributed by atoms with Crippen LogP contribution in [0.5, 0.6) is 0 Å². The van der Waals surface area contributed by atoms with E-state index in [4.69, 9.17) is 5.73 Å². The van der Waals surface area contributed by atoms with E-state index in [1.807, 2.05) is 25.1 Å². The summed E-state index contributed by atoms with van der Waals surface area (Å²) in [4.78, 5) is 30.7. The molecule has 29 heavy (non-hydrogen) atoms. The molecule has 154 valence electrons. The second kappa shape index (κ2) is 8.14. The van der Waals surface area contributed by atoms with Gasteiger partial charge in [0, 0.05) is 31.6 Å². The maximum Gasteiger partial charge on any atom is 0.267 e. The Balaban J connectivity index is 2.01. The first kappa shape index (κ1) is 20.7. The van der Waals surface area contributed by atoms with Crippen LogP contribution in [0, 0.1) is 13.8 Å². The van der Waals surface area contributed by atoms with Gasteiger partial charge < -0.3 is 16.0 Å². The van der Waals surface area contributed by atoms with Gasteiger partial charge in [0.15, 0.2) is 0 Å². The Kier molecular flexibility index (Phi) is 5.81. The first-order valence-electron chi connectivity index (χ1n) is 9.48. The zero-order chi connectivity index (χ0) is 21.2. The molecule has 2 amide bonds. The molecular formula is C21H24F2N4O2. The van der Waals surface area contributed by atoms with Crippen LogP contribution in [0.2, 0.25) is 0 Å². The molecule has 8 heteroatoms. The number of nitrogens with two attached hydrogens (primary N) is 1. The smallest absolute Gasteiger partial charge is 0.267 e. The fourth-order valence-corrected chi connectivity index (χ4v) is 3.48. The Morgan fingerprint density at radius 1 is 1.17 bits per heavy atom. The van der Waals surface area contributed by atoms with Crippen LogP contribution in [0.25, 0.3) is 0 Å². The van der Waals surface area contributed by atoms with Crippen molar-refractivity contribution in [1.29, 1.82) is 0 Å². The fourth-order valence-electron chi connectivity index (χ4n) is 3.48. The highest BCUT2D eigenvalue weighted by Gasteiger charge is 2.33. The van der Waals surface area contributed by atoms with Crippen LogP contribution in [0.15, 0.2) is 30.3 Å². The number of carbonyl (C=O) groups is 2. The molecular weight excluding hydrogens is 378 g/mol. The SMILES string of the molecule is Cc1cccc(NC(=O)c2c(C)cc(C(N)=O)nc2N2CCCC(F)(F)CC2)c1. The van der Waals surface area contributed by atoms with Crippen LogP contribution in [0.3, 0.4) is 0 Å². The highest BCUT2D eigenvalue weighted by Crippen LogP contribution is 2.32. The molecule has 1 aromatic heterocycles. The second-order valence-electron chi connectivity index (χ2n) is 7.41. The van der Waals surface area contributed by atoms with Crippen LogP contribution in [0.4, 0.5) is 20.3 Å². The number of carbonyl (C=O) groups excluding carboxylic acids is 2. The average molecular weight is 402 g/mol. The topological polar surface area (TPSA) is 88.3 Å². The van der Waals surface area contributed by atoms with E-state index >= 15 is 0 Å². The minimum atomic E-state index is -2.75. The van der Waals surface area contributed by atoms with Crippen molar-refractivity contribution >= 4 is 23.3 Å². The van der Waals surface area contributed by atoms with Crippen molar-refractivity contribution < 1.29 is 18.4 Å². The minimum Gasteiger partial charge on any atom is -0.364 e. The van der Waals surface area contributed by atoms with Gasteiger partial charge in [-0.1, -0.05) is 12.1 Å². The Morgan fingerprint density at radius 3 is 2.62 bits per heavy atom. The molecule has 1 fully saturated rings. The van der Waals surface area contributed by atoms with E-state index in [0.717, 1.165) is 5.56 Å². The van der Waals surface area contributed by atoms with Crippen LogP contribution >= 0.6 is 0 Å². The van der Waals surface area contributed by atoms with E-state index < -0.39 is 17.7 Å². The standard InChI is InChI=1S/C21H24F2N4O2/c1-13-5-3-6-15(11-13)25-20(29)17-14(2)12-16(18(24)28)26-19(17)27-9-4-7-21(22,23)8-10-27/h3,5-6,11-12H,4,7-10H2,1-2H3,(H2,24,28)(H,25,29). The van der Waals surface area contributed by atoms with E-state index in [2.05, 4.69) is 10.3 Å². The molecule has 1 aromatic carbocycles. The lowest BCUT2D eigenvalue weighted by Crippen LogP contribution is -2.31. The lowest BCUT2D eigenvalue weighted by atomic mass is 10.1. The summed E-state index contributed by atoms with van der Waals surface area (Å²) in [5.41, 5.74) is 7.73. The number of hydrogen-bond acceptors (Lipinski definition) is 4. The van der Waals surface area contributed by atoms with Gasteiger partial charge in [-0.05, 0) is 49.6 Å². The quantitative estimate of drug-likeness (QED) is 0.817. The number of halogens is 2. The fraction of sp³-hybridized carbons (Fsp3) is 0.381. The third kappa shape index (κ3) is 4.88. The van der Waals surface area contributed by atoms with E-state index in [1.165, 1.54) is 6.07 Å². The van der Waals surface area contributed by atoms with Gasteiger partial charge in [0.05, 0.1) is 5.56 Å². The molecule has 3 N–H and O–H groups in total. The minimum absolute atomic E-state index is 0.000567. The van der Waals surface area contributed by atoms with Gasteiger partial charge in [-0.3, -0.25) is 9.59 Å². The maximum atomic E-state index is 13.8. The number of alkyl halides is 2. The van der Waals surface area contributed by atoms with Gasteiger partial charge >= 0.3 is 0 Å². The zero-order valence-corrected chi connectivity index (χ0v) is 16.5. The van der Waals surface area contributed by atoms with Crippen molar-refractivity contribution in [2.24, 2.45) is 5.73 Å². The Morgan fingerprint density at radius 2 is 1.93 bits per heavy atom. The van der Waals surface area contributed by atoms with Gasteiger partial charge in [-0.25, -0.2) is 13.8 Å². The number of anilines is 2. The molecule has 0 aliphatic carbocycles. The lowest BCUT2D eigenvalue weighted by Gasteiger charge is -2.25. The van der Waals surface area contributed by atoms with Crippen molar-refractivity contribution in [2.75, 3.05) is 23.3 Å². The number of pyridine rings is 1. The molecule has 1 aliphatic heterocycles. The van der Waals surface area contributed by atoms with Crippen molar-refractivity contribution in [1.82, 2.24) is 4.98 Å². The Bertz CT molecular complexity index is 946. The molecule has 3 rings (SSSR count). The van der Waals surface area contributed by atoms with Crippen molar-refractivity contribution in [2.45, 2.75) is 39.0 Å². The summed E-state index contributed by atoms with van der Waals surface area (Å²) in [7, 11) is 0. The third-order valence-corrected chi connectivity index (χ3v) is 4.97. The Labute approximate surface area is 168 Å². The number of nitrogens with one attached hydrogen (secondary N) is 1. The summed E-state index contributed by atoms with van der Waals surface area (Å²) in [5.74, 6) is -3.70. The van der Waals surface area contributed by atoms with Gasteiger partial charge in [0.1, 0.15) is 11.5 Å². The third-order valence-electron chi connectivity index (χ3n) is 4.97. The first-order chi connectivity index (χ1) is 13.7. The summed E-state index contributed by atoms with van der Waals surface area (Å²) in [5, 5.41) is 2.83. The number of primary amides is 1. The van der Waals surface area contributed by atoms with Crippen LogP contribution in [0.1, 0.15) is 51.2 Å². The maximum absolute atomic E-state index is 13.8. The molecule has 0 spiro atoms. The van der Waals surface area contributed by atoms with Gasteiger partial charge in [0.2, 0.25) is 5.92 Å². The monoisotopic (exact) mass is 402 g/mol. The molecule has 0 unspecified atom stereocenters. The largest absolute Gasteiger partial charge is 0.364 e. The predicted octanol–water partition coefficient (Wildman–Crippen LogP) is 3.68. The molecule has 0 saturated carbocycles. The number of nitrogens with zero attached hydrogens (tertiary/aromatic N) is 2. The number of hydrogen-bond donors (Lipinski definition) is 2. The molecule has 0 atom stereocenters. The number of rotatable bonds is 4. The van der Waals surface area contributed by atoms with Crippen molar-refractivity contribution in [3.8, 4) is 0 Å². The van der Waals surface area contributed by atoms with E-state index in [0.29, 0.717) is 17.8 Å². The summed E-state index contributed by atoms with van der Waals surface area (Å²) in [6.45, 7) is 3.93. The normalized spacial score (nSPS) is 16.2. The number of aryl methyl sites for hydroxylation is 2. The van der Waals surface area contributed by atoms with E-state index in [1.54, 1.807) is 17.9 Å². The number of aromatic nitrogens is 1. The average Bonchev–Trinajstić information content (AvgIpc) is 2.81. The lowest BCUT2D eigenvalue weighted by molar-refractivity contribution is -0.0102. The molecule has 2 heterocycles. The molecule has 0 radical (unpaired) electrons. The van der Waals surface area contributed by atoms with Gasteiger partial charge in [-0.15, -0.1) is 0 Å². The van der Waals surface area contributed by atoms with Gasteiger partial charge in [-0.2, -0.15) is 0 Å². The molecule has 0 bridgehead atoms. The van der Waals surface area contributed by atoms with Crippen LogP contribution in [-0.4, -0.2) is 35.8 Å². The first-order valence-corrected chi connectivity index (χ1v) is 9.48. The van der Waals surface area contributed by atoms with Crippen molar-refractivity contribution in [3.05, 3.63) is 52.7 Å². The zero-order valence-electron chi connectivity index (χ0n) is 16.5. The highest BCUT2D eigenvalue weighted by molar-refractivity contribution is 6.09. The van der Waals surface area contributed by atoms with Crippen molar-refractivity contribution in [3.63, 3.8) is 0 Å². The number of amides is 2. The number of benzene rings is 1. The summed E-state index contributed by atoms with van der Waals surface area (Å²) >= 11 is 0. The van der Waals surface area contributed by atoms with E-state index in [9.17, 15) is 18.4 Å². The predicted molar refractivity (Wildman–Crippen MR) is 108 cm³/mol. The summed E-state index contributed by atoms with van der Waals surface area (Å²) < 4.78 is 27.6. The molecule has 1 saturated heterocycles. The molecule has 1 aliphatic rings. The van der Waals surface area contributed by atoms with Crippen LogP contribution < -0.4 is 16.0 Å². The second-order valence-corrected chi connectivity index (χ2v) is 7.41. The summed E-state index contributed by atoms with van der Waals surface area (Å²) in [6, 6.07) is 8.77. The van der Waals surface area contributed by atoms with E-state index in [-0.39, 0.29) is 42.9 Å². The highest BCUT2D eigenvalue weighted by atomic mass is 19.3. The van der Waals surface area contributed by atoms with Gasteiger partial charge in [0.25, 0.3) is 11.8 Å². The summed E-state index contributed by atoms with van der Waals surface area (Å²) in [6.07, 6.45) is -0.302.